The van der Waals surface area contributed by atoms with Crippen molar-refractivity contribution in [3.63, 3.8) is 0 Å². The summed E-state index contributed by atoms with van der Waals surface area (Å²) in [5, 5.41) is 3.63. The minimum atomic E-state index is -0.0136. The van der Waals surface area contributed by atoms with Crippen molar-refractivity contribution in [2.45, 2.75) is 39.3 Å². The molecule has 0 bridgehead atoms. The lowest BCUT2D eigenvalue weighted by Crippen LogP contribution is -2.15. The zero-order valence-electron chi connectivity index (χ0n) is 19.8. The number of benzene rings is 1. The number of allylic oxidation sites excluding steroid dienone is 3. The fraction of sp³-hybridized carbons (Fsp3) is 0.296. The normalized spacial score (nSPS) is 17.1. The molecular weight excluding hydrogens is 474 g/mol. The Labute approximate surface area is 205 Å². The van der Waals surface area contributed by atoms with Crippen molar-refractivity contribution in [3.8, 4) is 0 Å². The quantitative estimate of drug-likeness (QED) is 0.436. The van der Waals surface area contributed by atoms with Gasteiger partial charge in [0.2, 0.25) is 0 Å². The third-order valence-corrected chi connectivity index (χ3v) is 5.86. The van der Waals surface area contributed by atoms with Crippen molar-refractivity contribution in [1.82, 2.24) is 10.3 Å². The highest BCUT2D eigenvalue weighted by molar-refractivity contribution is 9.10. The van der Waals surface area contributed by atoms with Crippen LogP contribution < -0.4 is 10.2 Å². The van der Waals surface area contributed by atoms with Crippen LogP contribution in [0.5, 0.6) is 0 Å². The molecule has 1 atom stereocenters. The van der Waals surface area contributed by atoms with E-state index in [1.807, 2.05) is 12.3 Å². The highest BCUT2D eigenvalue weighted by atomic mass is 79.9. The van der Waals surface area contributed by atoms with E-state index in [4.69, 9.17) is 4.99 Å². The van der Waals surface area contributed by atoms with Crippen LogP contribution in [0.3, 0.4) is 0 Å². The van der Waals surface area contributed by atoms with E-state index >= 15 is 0 Å². The number of hydrogen-bond acceptors (Lipinski definition) is 5. The van der Waals surface area contributed by atoms with Crippen molar-refractivity contribution in [3.05, 3.63) is 81.9 Å². The maximum absolute atomic E-state index is 4.73. The molecule has 172 valence electrons. The predicted molar refractivity (Wildman–Crippen MR) is 146 cm³/mol. The number of pyridine rings is 1. The van der Waals surface area contributed by atoms with E-state index in [-0.39, 0.29) is 6.04 Å². The van der Waals surface area contributed by atoms with Crippen molar-refractivity contribution in [2.75, 3.05) is 19.0 Å². The highest BCUT2D eigenvalue weighted by Crippen LogP contribution is 2.31. The van der Waals surface area contributed by atoms with E-state index < -0.39 is 0 Å². The molecule has 1 unspecified atom stereocenters. The molecule has 0 fully saturated rings. The Morgan fingerprint density at radius 1 is 1.21 bits per heavy atom. The number of nitrogens with zero attached hydrogens (tertiary/aromatic N) is 4. The average molecular weight is 506 g/mol. The van der Waals surface area contributed by atoms with Crippen molar-refractivity contribution in [1.29, 1.82) is 0 Å². The van der Waals surface area contributed by atoms with Gasteiger partial charge in [-0.1, -0.05) is 38.1 Å². The summed E-state index contributed by atoms with van der Waals surface area (Å²) in [6.45, 7) is 8.95. The van der Waals surface area contributed by atoms with Crippen LogP contribution in [0, 0.1) is 0 Å². The molecule has 0 aliphatic carbocycles. The lowest BCUT2D eigenvalue weighted by Gasteiger charge is -2.21. The van der Waals surface area contributed by atoms with E-state index in [1.54, 1.807) is 18.6 Å². The number of hydrogen-bond donors (Lipinski definition) is 1. The van der Waals surface area contributed by atoms with Gasteiger partial charge in [0.15, 0.2) is 0 Å². The molecule has 6 heteroatoms. The molecule has 33 heavy (non-hydrogen) atoms. The molecule has 0 spiro atoms. The van der Waals surface area contributed by atoms with Crippen LogP contribution in [0.2, 0.25) is 0 Å². The van der Waals surface area contributed by atoms with Gasteiger partial charge in [-0.05, 0) is 64.2 Å². The molecule has 2 heterocycles. The maximum atomic E-state index is 4.73. The van der Waals surface area contributed by atoms with Gasteiger partial charge >= 0.3 is 0 Å². The number of aromatic nitrogens is 1. The van der Waals surface area contributed by atoms with Gasteiger partial charge in [0.05, 0.1) is 11.7 Å². The lowest BCUT2D eigenvalue weighted by atomic mass is 9.96. The summed E-state index contributed by atoms with van der Waals surface area (Å²) >= 11 is 3.51. The highest BCUT2D eigenvalue weighted by Gasteiger charge is 2.17. The fourth-order valence-corrected chi connectivity index (χ4v) is 4.17. The SMILES string of the molecule is C=Cc1ccc(C(/C=C(\CCC)NCc2cncc(Br)c2)=C2\N=CC=NC2C)cc1N(C)C. The number of halogens is 1. The molecule has 1 aliphatic heterocycles. The lowest BCUT2D eigenvalue weighted by molar-refractivity contribution is 0.734. The van der Waals surface area contributed by atoms with Crippen LogP contribution in [0.15, 0.2) is 75.2 Å². The van der Waals surface area contributed by atoms with E-state index in [9.17, 15) is 0 Å². The molecule has 1 aliphatic rings. The van der Waals surface area contributed by atoms with Crippen LogP contribution in [0.1, 0.15) is 43.4 Å². The zero-order valence-corrected chi connectivity index (χ0v) is 21.4. The molecule has 1 N–H and O–H groups in total. The van der Waals surface area contributed by atoms with Gasteiger partial charge in [-0.3, -0.25) is 15.0 Å². The predicted octanol–water partition coefficient (Wildman–Crippen LogP) is 6.28. The summed E-state index contributed by atoms with van der Waals surface area (Å²) in [7, 11) is 4.10. The smallest absolute Gasteiger partial charge is 0.0898 e. The van der Waals surface area contributed by atoms with Gasteiger partial charge < -0.3 is 10.2 Å². The van der Waals surface area contributed by atoms with E-state index in [0.717, 1.165) is 56.7 Å². The monoisotopic (exact) mass is 505 g/mol. The van der Waals surface area contributed by atoms with Gasteiger partial charge in [0.25, 0.3) is 0 Å². The molecule has 2 aromatic rings. The van der Waals surface area contributed by atoms with Gasteiger partial charge in [-0.25, -0.2) is 0 Å². The second-order valence-electron chi connectivity index (χ2n) is 8.21. The summed E-state index contributed by atoms with van der Waals surface area (Å²) in [5.41, 5.74) is 7.67. The number of aliphatic imine (C=N–C) groups is 2. The first-order chi connectivity index (χ1) is 15.9. The first-order valence-corrected chi connectivity index (χ1v) is 12.0. The summed E-state index contributed by atoms with van der Waals surface area (Å²) in [6, 6.07) is 8.54. The third-order valence-electron chi connectivity index (χ3n) is 5.42. The van der Waals surface area contributed by atoms with Crippen LogP contribution >= 0.6 is 15.9 Å². The summed E-state index contributed by atoms with van der Waals surface area (Å²) in [4.78, 5) is 15.7. The number of anilines is 1. The molecule has 3 rings (SSSR count). The Bertz CT molecular complexity index is 1110. The molecule has 0 amide bonds. The Morgan fingerprint density at radius 3 is 2.70 bits per heavy atom. The molecule has 0 saturated carbocycles. The molecule has 5 nitrogen and oxygen atoms in total. The molecule has 1 aromatic carbocycles. The minimum absolute atomic E-state index is 0.0136. The molecule has 1 aromatic heterocycles. The largest absolute Gasteiger partial charge is 0.384 e. The summed E-state index contributed by atoms with van der Waals surface area (Å²) < 4.78 is 0.979. The topological polar surface area (TPSA) is 52.9 Å². The van der Waals surface area contributed by atoms with Crippen molar-refractivity contribution < 1.29 is 0 Å². The maximum Gasteiger partial charge on any atom is 0.0898 e. The zero-order chi connectivity index (χ0) is 23.8. The Hall–Kier alpha value is -2.99. The Balaban J connectivity index is 2.07. The third kappa shape index (κ3) is 6.51. The first kappa shape index (κ1) is 24.6. The van der Waals surface area contributed by atoms with Crippen molar-refractivity contribution >= 4 is 45.7 Å². The van der Waals surface area contributed by atoms with E-state index in [2.05, 4.69) is 101 Å². The summed E-state index contributed by atoms with van der Waals surface area (Å²) in [6.07, 6.45) is 13.3. The number of rotatable bonds is 9. The number of nitrogens with one attached hydrogen (secondary N) is 1. The van der Waals surface area contributed by atoms with Gasteiger partial charge in [0.1, 0.15) is 0 Å². The van der Waals surface area contributed by atoms with Crippen LogP contribution in [-0.4, -0.2) is 37.6 Å². The van der Waals surface area contributed by atoms with E-state index in [0.29, 0.717) is 6.54 Å². The van der Waals surface area contributed by atoms with Gasteiger partial charge in [-0.15, -0.1) is 0 Å². The summed E-state index contributed by atoms with van der Waals surface area (Å²) in [5.74, 6) is 0. The van der Waals surface area contributed by atoms with Gasteiger partial charge in [0, 0.05) is 66.9 Å². The fourth-order valence-electron chi connectivity index (χ4n) is 3.75. The first-order valence-electron chi connectivity index (χ1n) is 11.2. The van der Waals surface area contributed by atoms with Crippen LogP contribution in [-0.2, 0) is 6.54 Å². The van der Waals surface area contributed by atoms with Crippen LogP contribution in [0.4, 0.5) is 5.69 Å². The van der Waals surface area contributed by atoms with Crippen molar-refractivity contribution in [2.24, 2.45) is 9.98 Å². The minimum Gasteiger partial charge on any atom is -0.384 e. The van der Waals surface area contributed by atoms with Gasteiger partial charge in [-0.2, -0.15) is 0 Å². The standard InChI is InChI=1S/C27H32BrN5/c1-6-8-24(32-17-20-13-23(28)18-29-16-20)15-25(27-19(3)30-11-12-31-27)22-10-9-21(7-2)26(14-22)33(4)5/h7,9-16,18-19,32H,2,6,8,17H2,1,3-5H3/b24-15+,27-25-. The molecule has 0 radical (unpaired) electrons. The second kappa shape index (κ2) is 11.8. The Kier molecular flexibility index (Phi) is 8.78. The Morgan fingerprint density at radius 2 is 2.03 bits per heavy atom. The molecule has 0 saturated heterocycles. The molecular formula is C27H32BrN5. The second-order valence-corrected chi connectivity index (χ2v) is 9.12. The average Bonchev–Trinajstić information content (AvgIpc) is 2.81. The van der Waals surface area contributed by atoms with Crippen LogP contribution in [0.25, 0.3) is 11.6 Å². The van der Waals surface area contributed by atoms with E-state index in [1.165, 1.54) is 0 Å².